The van der Waals surface area contributed by atoms with Crippen LogP contribution in [0.15, 0.2) is 16.0 Å². The number of halogens is 2. The molecule has 0 aliphatic carbocycles. The second kappa shape index (κ2) is 7.07. The Morgan fingerprint density at radius 1 is 1.50 bits per heavy atom. The zero-order valence-corrected chi connectivity index (χ0v) is 15.1. The molecular weight excluding hydrogens is 358 g/mol. The average Bonchev–Trinajstić information content (AvgIpc) is 2.92. The van der Waals surface area contributed by atoms with E-state index in [1.54, 1.807) is 17.5 Å². The van der Waals surface area contributed by atoms with E-state index < -0.39 is 0 Å². The highest BCUT2D eigenvalue weighted by atomic mass is 79.9. The number of aromatic nitrogens is 2. The molecule has 20 heavy (non-hydrogen) atoms. The molecule has 2 rings (SSSR count). The number of thiophene rings is 1. The Bertz CT molecular complexity index is 559. The Morgan fingerprint density at radius 3 is 2.80 bits per heavy atom. The molecule has 1 N–H and O–H groups in total. The van der Waals surface area contributed by atoms with Gasteiger partial charge < -0.3 is 5.32 Å². The van der Waals surface area contributed by atoms with Crippen molar-refractivity contribution in [3.05, 3.63) is 37.2 Å². The Hall–Kier alpha value is -0.360. The fraction of sp³-hybridized carbons (Fsp3) is 0.500. The number of nitrogens with one attached hydrogen (secondary N) is 1. The number of nitrogens with zero attached hydrogens (tertiary/aromatic N) is 2. The second-order valence-corrected chi connectivity index (χ2v) is 7.51. The normalized spacial score (nSPS) is 12.8. The molecule has 3 nitrogen and oxygen atoms in total. The van der Waals surface area contributed by atoms with Gasteiger partial charge in [-0.1, -0.05) is 25.4 Å². The Kier molecular flexibility index (Phi) is 5.66. The summed E-state index contributed by atoms with van der Waals surface area (Å²) in [4.78, 5) is 1.26. The van der Waals surface area contributed by atoms with Gasteiger partial charge in [0.05, 0.1) is 26.7 Å². The minimum atomic E-state index is 0.0940. The first-order valence-electron chi connectivity index (χ1n) is 6.78. The van der Waals surface area contributed by atoms with Gasteiger partial charge in [0.25, 0.3) is 0 Å². The van der Waals surface area contributed by atoms with Crippen LogP contribution in [-0.2, 0) is 6.54 Å². The number of hydrogen-bond acceptors (Lipinski definition) is 3. The van der Waals surface area contributed by atoms with Crippen LogP contribution in [0.4, 0.5) is 0 Å². The van der Waals surface area contributed by atoms with Crippen molar-refractivity contribution in [1.29, 1.82) is 0 Å². The highest BCUT2D eigenvalue weighted by Crippen LogP contribution is 2.36. The van der Waals surface area contributed by atoms with Gasteiger partial charge in [0.15, 0.2) is 0 Å². The Morgan fingerprint density at radius 2 is 2.25 bits per heavy atom. The van der Waals surface area contributed by atoms with Crippen molar-refractivity contribution >= 4 is 38.9 Å². The van der Waals surface area contributed by atoms with Gasteiger partial charge in [0.1, 0.15) is 0 Å². The molecule has 0 radical (unpaired) electrons. The van der Waals surface area contributed by atoms with E-state index in [0.717, 1.165) is 30.2 Å². The van der Waals surface area contributed by atoms with Crippen LogP contribution in [-0.4, -0.2) is 16.3 Å². The van der Waals surface area contributed by atoms with Crippen LogP contribution in [0.3, 0.4) is 0 Å². The Labute approximate surface area is 137 Å². The molecule has 0 amide bonds. The first kappa shape index (κ1) is 16.0. The van der Waals surface area contributed by atoms with Gasteiger partial charge in [-0.2, -0.15) is 5.10 Å². The lowest BCUT2D eigenvalue weighted by Gasteiger charge is -2.19. The summed E-state index contributed by atoms with van der Waals surface area (Å²) < 4.78 is 3.19. The first-order chi connectivity index (χ1) is 9.58. The van der Waals surface area contributed by atoms with Crippen LogP contribution in [0.25, 0.3) is 0 Å². The van der Waals surface area contributed by atoms with E-state index in [1.165, 1.54) is 14.2 Å². The van der Waals surface area contributed by atoms with Crippen molar-refractivity contribution in [2.24, 2.45) is 0 Å². The fourth-order valence-electron chi connectivity index (χ4n) is 2.21. The quantitative estimate of drug-likeness (QED) is 0.786. The van der Waals surface area contributed by atoms with Gasteiger partial charge in [-0.25, -0.2) is 0 Å². The topological polar surface area (TPSA) is 29.9 Å². The molecule has 0 bridgehead atoms. The lowest BCUT2D eigenvalue weighted by atomic mass is 10.1. The minimum Gasteiger partial charge on any atom is -0.305 e. The van der Waals surface area contributed by atoms with Crippen molar-refractivity contribution in [1.82, 2.24) is 15.1 Å². The molecule has 0 aliphatic rings. The summed E-state index contributed by atoms with van der Waals surface area (Å²) in [6.45, 7) is 8.13. The van der Waals surface area contributed by atoms with E-state index in [0.29, 0.717) is 0 Å². The van der Waals surface area contributed by atoms with Crippen molar-refractivity contribution in [2.45, 2.75) is 39.8 Å². The van der Waals surface area contributed by atoms with E-state index in [2.05, 4.69) is 53.2 Å². The van der Waals surface area contributed by atoms with E-state index in [-0.39, 0.29) is 6.04 Å². The summed E-state index contributed by atoms with van der Waals surface area (Å²) in [6.07, 6.45) is 2.78. The molecule has 1 atom stereocenters. The van der Waals surface area contributed by atoms with E-state index in [1.807, 2.05) is 4.68 Å². The maximum absolute atomic E-state index is 6.38. The molecule has 0 aromatic carbocycles. The van der Waals surface area contributed by atoms with Gasteiger partial charge in [0, 0.05) is 11.4 Å². The van der Waals surface area contributed by atoms with E-state index >= 15 is 0 Å². The van der Waals surface area contributed by atoms with Gasteiger partial charge in [-0.05, 0) is 47.4 Å². The van der Waals surface area contributed by atoms with Crippen LogP contribution in [0, 0.1) is 6.92 Å². The lowest BCUT2D eigenvalue weighted by Crippen LogP contribution is -2.24. The molecule has 0 aliphatic heterocycles. The molecule has 0 spiro atoms. The molecule has 1 unspecified atom stereocenters. The Balaban J connectivity index is 2.45. The smallest absolute Gasteiger partial charge is 0.0857 e. The predicted molar refractivity (Wildman–Crippen MR) is 89.8 cm³/mol. The van der Waals surface area contributed by atoms with Crippen molar-refractivity contribution in [2.75, 3.05) is 6.54 Å². The minimum absolute atomic E-state index is 0.0940. The van der Waals surface area contributed by atoms with Crippen LogP contribution in [0.2, 0.25) is 5.02 Å². The second-order valence-electron chi connectivity index (χ2n) is 4.70. The molecule has 6 heteroatoms. The summed E-state index contributed by atoms with van der Waals surface area (Å²) in [6, 6.07) is 2.30. The summed E-state index contributed by atoms with van der Waals surface area (Å²) in [5.41, 5.74) is 2.31. The van der Waals surface area contributed by atoms with Crippen molar-refractivity contribution in [3.63, 3.8) is 0 Å². The van der Waals surface area contributed by atoms with Gasteiger partial charge in [-0.15, -0.1) is 11.3 Å². The molecule has 2 aromatic heterocycles. The molecule has 2 heterocycles. The average molecular weight is 377 g/mol. The molecule has 0 fully saturated rings. The monoisotopic (exact) mass is 375 g/mol. The van der Waals surface area contributed by atoms with Crippen LogP contribution < -0.4 is 5.32 Å². The molecular formula is C14H19BrClN3S. The molecule has 110 valence electrons. The maximum Gasteiger partial charge on any atom is 0.0857 e. The zero-order valence-electron chi connectivity index (χ0n) is 11.9. The fourth-order valence-corrected chi connectivity index (χ4v) is 4.11. The molecule has 0 saturated carbocycles. The zero-order chi connectivity index (χ0) is 14.7. The first-order valence-corrected chi connectivity index (χ1v) is 8.77. The third-order valence-corrected chi connectivity index (χ3v) is 5.60. The highest BCUT2D eigenvalue weighted by Gasteiger charge is 2.23. The van der Waals surface area contributed by atoms with Gasteiger partial charge >= 0.3 is 0 Å². The molecule has 0 saturated heterocycles. The van der Waals surface area contributed by atoms with Gasteiger partial charge in [-0.3, -0.25) is 4.68 Å². The summed E-state index contributed by atoms with van der Waals surface area (Å²) in [7, 11) is 0. The third-order valence-electron chi connectivity index (χ3n) is 3.11. The largest absolute Gasteiger partial charge is 0.305 e. The van der Waals surface area contributed by atoms with Crippen LogP contribution in [0.5, 0.6) is 0 Å². The SMILES string of the molecule is CCCn1ncc(Cl)c1C(NCC)c1cc(C)c(Br)s1. The standard InChI is InChI=1S/C14H19BrClN3S/c1-4-6-19-13(10(16)8-18-19)12(17-5-2)11-7-9(3)14(15)20-11/h7-8,12,17H,4-6H2,1-3H3. The highest BCUT2D eigenvalue weighted by molar-refractivity contribution is 9.11. The van der Waals surface area contributed by atoms with E-state index in [9.17, 15) is 0 Å². The number of rotatable bonds is 6. The predicted octanol–water partition coefficient (Wildman–Crippen LogP) is 4.78. The van der Waals surface area contributed by atoms with Crippen LogP contribution in [0.1, 0.15) is 42.4 Å². The lowest BCUT2D eigenvalue weighted by molar-refractivity contribution is 0.524. The summed E-state index contributed by atoms with van der Waals surface area (Å²) in [5, 5.41) is 8.66. The molecule has 2 aromatic rings. The maximum atomic E-state index is 6.38. The van der Waals surface area contributed by atoms with Gasteiger partial charge in [0.2, 0.25) is 0 Å². The number of aryl methyl sites for hydroxylation is 2. The van der Waals surface area contributed by atoms with E-state index in [4.69, 9.17) is 11.6 Å². The van der Waals surface area contributed by atoms with Crippen molar-refractivity contribution in [3.8, 4) is 0 Å². The summed E-state index contributed by atoms with van der Waals surface area (Å²) in [5.74, 6) is 0. The third kappa shape index (κ3) is 3.27. The number of hydrogen-bond donors (Lipinski definition) is 1. The summed E-state index contributed by atoms with van der Waals surface area (Å²) >= 11 is 11.7. The van der Waals surface area contributed by atoms with Crippen molar-refractivity contribution < 1.29 is 0 Å². The van der Waals surface area contributed by atoms with Crippen LogP contribution >= 0.6 is 38.9 Å².